The van der Waals surface area contributed by atoms with Crippen molar-refractivity contribution in [3.8, 4) is 5.75 Å². The summed E-state index contributed by atoms with van der Waals surface area (Å²) in [5.74, 6) is -0.0433. The second kappa shape index (κ2) is 4.17. The van der Waals surface area contributed by atoms with Gasteiger partial charge in [0.1, 0.15) is 5.75 Å². The Hall–Kier alpha value is -2.18. The van der Waals surface area contributed by atoms with E-state index in [4.69, 9.17) is 0 Å². The number of non-ortho nitro benzene ring substituents is 1. The quantitative estimate of drug-likeness (QED) is 0.316. The van der Waals surface area contributed by atoms with Gasteiger partial charge in [0.25, 0.3) is 5.69 Å². The monoisotopic (exact) mass is 201 g/mol. The van der Waals surface area contributed by atoms with Crippen molar-refractivity contribution in [3.05, 3.63) is 34.4 Å². The molecule has 0 amide bonds. The number of nitrogens with zero attached hydrogens (tertiary/aromatic N) is 1. The largest absolute Gasteiger partial charge is 0.550 e. The van der Waals surface area contributed by atoms with Crippen LogP contribution in [-0.4, -0.2) is 11.1 Å². The Labute approximate surface area is 76.9 Å². The minimum Gasteiger partial charge on any atom is -0.393 e. The van der Waals surface area contributed by atoms with E-state index < -0.39 is 11.1 Å². The Morgan fingerprint density at radius 2 is 1.93 bits per heavy atom. The van der Waals surface area contributed by atoms with Crippen molar-refractivity contribution < 1.29 is 23.9 Å². The molecule has 0 N–H and O–H groups in total. The van der Waals surface area contributed by atoms with Crippen LogP contribution in [-0.2, 0) is 4.94 Å². The maximum Gasteiger partial charge on any atom is 0.550 e. The highest BCUT2D eigenvalue weighted by molar-refractivity contribution is 5.63. The number of carbonyl (C=O) groups excluding carboxylic acids is 1. The van der Waals surface area contributed by atoms with E-state index in [-0.39, 0.29) is 11.4 Å². The summed E-state index contributed by atoms with van der Waals surface area (Å²) in [6.45, 7) is 0. The highest BCUT2D eigenvalue weighted by atomic mass is 19.3. The summed E-state index contributed by atoms with van der Waals surface area (Å²) in [7, 11) is 0. The maximum absolute atomic E-state index is 11.2. The normalized spacial score (nSPS) is 9.21. The van der Waals surface area contributed by atoms with Gasteiger partial charge in [-0.1, -0.05) is 0 Å². The summed E-state index contributed by atoms with van der Waals surface area (Å²) in [6, 6.07) is 4.52. The van der Waals surface area contributed by atoms with E-state index >= 15 is 0 Å². The van der Waals surface area contributed by atoms with Crippen LogP contribution in [0, 0.1) is 10.1 Å². The predicted molar refractivity (Wildman–Crippen MR) is 41.3 cm³/mol. The molecule has 0 aliphatic carbocycles. The van der Waals surface area contributed by atoms with E-state index in [2.05, 4.69) is 9.68 Å². The van der Waals surface area contributed by atoms with E-state index in [1.54, 1.807) is 0 Å². The fraction of sp³-hybridized carbons (Fsp3) is 0. The van der Waals surface area contributed by atoms with E-state index in [0.29, 0.717) is 0 Å². The highest BCUT2D eigenvalue weighted by Crippen LogP contribution is 2.17. The Morgan fingerprint density at radius 1 is 1.36 bits per heavy atom. The van der Waals surface area contributed by atoms with Gasteiger partial charge in [-0.25, -0.2) is 4.94 Å². The molecule has 14 heavy (non-hydrogen) atoms. The number of halogens is 1. The number of nitro benzene ring substituents is 1. The number of hydrogen-bond acceptors (Lipinski definition) is 5. The second-order valence-electron chi connectivity index (χ2n) is 2.18. The molecule has 1 rings (SSSR count). The zero-order valence-electron chi connectivity index (χ0n) is 6.68. The summed E-state index contributed by atoms with van der Waals surface area (Å²) < 4.78 is 15.4. The Balaban J connectivity index is 2.73. The zero-order chi connectivity index (χ0) is 10.6. The first-order valence-electron chi connectivity index (χ1n) is 3.38. The number of benzene rings is 1. The molecule has 0 fully saturated rings. The van der Waals surface area contributed by atoms with Crippen LogP contribution in [0.1, 0.15) is 0 Å². The molecule has 0 aliphatic heterocycles. The number of ether oxygens (including phenoxy) is 1. The van der Waals surface area contributed by atoms with Gasteiger partial charge in [0.2, 0.25) is 0 Å². The average molecular weight is 201 g/mol. The van der Waals surface area contributed by atoms with Gasteiger partial charge >= 0.3 is 6.16 Å². The SMILES string of the molecule is O=C(OF)Oc1ccc([N+](=O)[O-])cc1. The first-order valence-corrected chi connectivity index (χ1v) is 3.38. The number of rotatable bonds is 2. The fourth-order valence-electron chi connectivity index (χ4n) is 0.748. The summed E-state index contributed by atoms with van der Waals surface area (Å²) >= 11 is 0. The first kappa shape index (κ1) is 9.90. The van der Waals surface area contributed by atoms with E-state index in [0.717, 1.165) is 24.3 Å². The lowest BCUT2D eigenvalue weighted by atomic mass is 10.3. The van der Waals surface area contributed by atoms with Gasteiger partial charge in [0, 0.05) is 16.7 Å². The molecule has 0 aromatic heterocycles. The molecule has 0 atom stereocenters. The van der Waals surface area contributed by atoms with Crippen molar-refractivity contribution in [2.75, 3.05) is 0 Å². The van der Waals surface area contributed by atoms with Crippen LogP contribution in [0.15, 0.2) is 24.3 Å². The Bertz CT molecular complexity index is 350. The van der Waals surface area contributed by atoms with Crippen LogP contribution < -0.4 is 4.74 Å². The van der Waals surface area contributed by atoms with Crippen LogP contribution in [0.5, 0.6) is 5.75 Å². The second-order valence-corrected chi connectivity index (χ2v) is 2.18. The minimum atomic E-state index is -1.53. The van der Waals surface area contributed by atoms with Crippen molar-refractivity contribution in [2.45, 2.75) is 0 Å². The van der Waals surface area contributed by atoms with Gasteiger partial charge in [0.05, 0.1) is 4.92 Å². The lowest BCUT2D eigenvalue weighted by Crippen LogP contribution is -2.04. The van der Waals surface area contributed by atoms with Crippen LogP contribution in [0.3, 0.4) is 0 Å². The molecule has 0 unspecified atom stereocenters. The van der Waals surface area contributed by atoms with Gasteiger partial charge in [0.15, 0.2) is 0 Å². The van der Waals surface area contributed by atoms with Crippen LogP contribution >= 0.6 is 0 Å². The van der Waals surface area contributed by atoms with E-state index in [1.807, 2.05) is 0 Å². The van der Waals surface area contributed by atoms with Gasteiger partial charge in [-0.15, -0.1) is 0 Å². The third-order valence-electron chi connectivity index (χ3n) is 1.31. The number of nitro groups is 1. The molecule has 74 valence electrons. The molecule has 0 heterocycles. The molecule has 0 spiro atoms. The fourth-order valence-corrected chi connectivity index (χ4v) is 0.748. The molecule has 0 radical (unpaired) electrons. The molecule has 6 nitrogen and oxygen atoms in total. The predicted octanol–water partition coefficient (Wildman–Crippen LogP) is 1.99. The lowest BCUT2D eigenvalue weighted by molar-refractivity contribution is -0.384. The van der Waals surface area contributed by atoms with Crippen molar-refractivity contribution in [3.63, 3.8) is 0 Å². The maximum atomic E-state index is 11.2. The molecule has 1 aromatic rings. The standard InChI is InChI=1S/C7H4FNO5/c8-14-7(10)13-6-3-1-5(2-4-6)9(11)12/h1-4H. The van der Waals surface area contributed by atoms with Gasteiger partial charge < -0.3 is 4.74 Å². The van der Waals surface area contributed by atoms with Gasteiger partial charge in [-0.2, -0.15) is 4.79 Å². The van der Waals surface area contributed by atoms with Gasteiger partial charge in [-0.05, 0) is 12.1 Å². The first-order chi connectivity index (χ1) is 6.63. The van der Waals surface area contributed by atoms with Crippen molar-refractivity contribution in [1.82, 2.24) is 0 Å². The molecule has 1 aromatic carbocycles. The molecular weight excluding hydrogens is 197 g/mol. The number of carbonyl (C=O) groups is 1. The minimum absolute atomic E-state index is 0.0433. The van der Waals surface area contributed by atoms with Crippen molar-refractivity contribution >= 4 is 11.8 Å². The molecule has 0 bridgehead atoms. The van der Waals surface area contributed by atoms with Crippen LogP contribution in [0.4, 0.5) is 15.0 Å². The molecule has 0 aliphatic rings. The molecule has 0 saturated carbocycles. The third-order valence-corrected chi connectivity index (χ3v) is 1.31. The van der Waals surface area contributed by atoms with E-state index in [9.17, 15) is 19.4 Å². The molecule has 7 heteroatoms. The average Bonchev–Trinajstić information content (AvgIpc) is 2.18. The van der Waals surface area contributed by atoms with Crippen molar-refractivity contribution in [2.24, 2.45) is 0 Å². The van der Waals surface area contributed by atoms with Crippen molar-refractivity contribution in [1.29, 1.82) is 0 Å². The van der Waals surface area contributed by atoms with Gasteiger partial charge in [-0.3, -0.25) is 10.1 Å². The number of hydrogen-bond donors (Lipinski definition) is 0. The Morgan fingerprint density at radius 3 is 2.36 bits per heavy atom. The summed E-state index contributed by atoms with van der Waals surface area (Å²) in [4.78, 5) is 22.6. The van der Waals surface area contributed by atoms with E-state index in [1.165, 1.54) is 0 Å². The topological polar surface area (TPSA) is 78.7 Å². The summed E-state index contributed by atoms with van der Waals surface area (Å²) in [6.07, 6.45) is -1.53. The Kier molecular flexibility index (Phi) is 2.95. The summed E-state index contributed by atoms with van der Waals surface area (Å²) in [5.41, 5.74) is -0.161. The molecule has 0 saturated heterocycles. The highest BCUT2D eigenvalue weighted by Gasteiger charge is 2.08. The smallest absolute Gasteiger partial charge is 0.393 e. The zero-order valence-corrected chi connectivity index (χ0v) is 6.68. The summed E-state index contributed by atoms with van der Waals surface area (Å²) in [5, 5.41) is 10.2. The lowest BCUT2D eigenvalue weighted by Gasteiger charge is -1.98. The van der Waals surface area contributed by atoms with Crippen LogP contribution in [0.2, 0.25) is 0 Å². The third kappa shape index (κ3) is 2.41. The van der Waals surface area contributed by atoms with Crippen LogP contribution in [0.25, 0.3) is 0 Å². The molecular formula is C7H4FNO5.